The first-order valence-corrected chi connectivity index (χ1v) is 19.3. The predicted octanol–water partition coefficient (Wildman–Crippen LogP) is -6.81. The zero-order chi connectivity index (χ0) is 49.6. The van der Waals surface area contributed by atoms with Crippen molar-refractivity contribution in [3.8, 4) is 0 Å². The Morgan fingerprint density at radius 1 is 0.500 bits per heavy atom. The van der Waals surface area contributed by atoms with E-state index in [9.17, 15) is 78.0 Å². The Hall–Kier alpha value is -7.17. The normalized spacial score (nSPS) is 15.0. The van der Waals surface area contributed by atoms with Crippen LogP contribution in [0.5, 0.6) is 0 Å². The third kappa shape index (κ3) is 22.1. The number of carboxylic acid groups (broad SMARTS) is 5. The molecule has 0 aromatic carbocycles. The number of nitrogens with two attached hydrogens (primary N) is 3. The van der Waals surface area contributed by atoms with Crippen LogP contribution in [0.25, 0.3) is 0 Å². The Labute approximate surface area is 364 Å². The molecule has 29 heteroatoms. The van der Waals surface area contributed by atoms with Gasteiger partial charge in [-0.05, 0) is 39.0 Å². The quantitative estimate of drug-likeness (QED) is 0.0181. The van der Waals surface area contributed by atoms with Crippen molar-refractivity contribution in [2.45, 2.75) is 127 Å². The van der Waals surface area contributed by atoms with Gasteiger partial charge < -0.3 is 85.1 Å². The van der Waals surface area contributed by atoms with Crippen molar-refractivity contribution < 1.29 is 88.2 Å². The highest BCUT2D eigenvalue weighted by Crippen LogP contribution is 2.09. The first kappa shape index (κ1) is 56.8. The van der Waals surface area contributed by atoms with Crippen LogP contribution in [0.4, 0.5) is 0 Å². The third-order valence-corrected chi connectivity index (χ3v) is 8.66. The predicted molar refractivity (Wildman–Crippen MR) is 215 cm³/mol. The fraction of sp³-hybridized carbons (Fsp3) is 0.629. The molecule has 64 heavy (non-hydrogen) atoms. The van der Waals surface area contributed by atoms with Crippen molar-refractivity contribution in [2.24, 2.45) is 28.1 Å². The molecule has 0 aromatic rings. The molecule has 0 fully saturated rings. The molecule has 7 amide bonds. The van der Waals surface area contributed by atoms with Gasteiger partial charge in [0.1, 0.15) is 42.3 Å². The number of rotatable bonds is 30. The number of nitrogens with zero attached hydrogens (tertiary/aromatic N) is 1. The average Bonchev–Trinajstić information content (AvgIpc) is 3.16. The van der Waals surface area contributed by atoms with E-state index in [1.165, 1.54) is 13.8 Å². The van der Waals surface area contributed by atoms with E-state index >= 15 is 0 Å². The standard InChI is InChI=1S/C35H57N11O18/c1-13(2)25(45-31(60)19(11-23(52)53)43-28(57)16(36)10-22(50)51)32(61)42-17(6-5-9-39-35(37)38)29(58)41-18(7-8-21(48)49)30(59)46-26(15(4)47)33(62)40-14(3)27(56)44-20(34(63)64)12-24(54)55/h13-20,25-26,47H,5-12,36H2,1-4H3,(H,40,62)(H,41,58)(H,42,61)(H,43,57)(H,44,56)(H,45,60)(H,46,59)(H,48,49)(H,50,51)(H,52,53)(H,54,55)(H,63,64)(H4,37,38,39)/t14-,15+,16-,17-,18-,19-,20-,25-,26-/m0/s1. The number of aliphatic hydroxyl groups excluding tert-OH is 1. The summed E-state index contributed by atoms with van der Waals surface area (Å²) in [4.78, 5) is 153. The highest BCUT2D eigenvalue weighted by molar-refractivity contribution is 5.98. The highest BCUT2D eigenvalue weighted by atomic mass is 16.4. The lowest BCUT2D eigenvalue weighted by Crippen LogP contribution is -2.61. The van der Waals surface area contributed by atoms with E-state index in [-0.39, 0.29) is 25.3 Å². The summed E-state index contributed by atoms with van der Waals surface area (Å²) < 4.78 is 0. The second kappa shape index (κ2) is 27.7. The summed E-state index contributed by atoms with van der Waals surface area (Å²) >= 11 is 0. The molecule has 0 saturated carbocycles. The van der Waals surface area contributed by atoms with Gasteiger partial charge in [-0.25, -0.2) is 4.79 Å². The number of carboxylic acids is 5. The molecule has 0 unspecified atom stereocenters. The third-order valence-electron chi connectivity index (χ3n) is 8.66. The van der Waals surface area contributed by atoms with Crippen molar-refractivity contribution in [3.63, 3.8) is 0 Å². The summed E-state index contributed by atoms with van der Waals surface area (Å²) in [6.45, 7) is 4.87. The van der Waals surface area contributed by atoms with E-state index in [2.05, 4.69) is 31.6 Å². The maximum Gasteiger partial charge on any atom is 0.326 e. The number of aliphatic imine (C=N–C) groups is 1. The number of amides is 7. The molecular formula is C35H57N11O18. The molecule has 19 N–H and O–H groups in total. The largest absolute Gasteiger partial charge is 0.481 e. The van der Waals surface area contributed by atoms with E-state index in [0.29, 0.717) is 0 Å². The van der Waals surface area contributed by atoms with Crippen LogP contribution in [-0.4, -0.2) is 169 Å². The van der Waals surface area contributed by atoms with E-state index in [4.69, 9.17) is 27.4 Å². The van der Waals surface area contributed by atoms with Gasteiger partial charge in [0, 0.05) is 13.0 Å². The number of guanidine groups is 1. The van der Waals surface area contributed by atoms with Gasteiger partial charge >= 0.3 is 29.8 Å². The molecule has 0 bridgehead atoms. The fourth-order valence-electron chi connectivity index (χ4n) is 5.27. The summed E-state index contributed by atoms with van der Waals surface area (Å²) in [7, 11) is 0. The first-order valence-electron chi connectivity index (χ1n) is 19.3. The van der Waals surface area contributed by atoms with E-state index in [1.54, 1.807) is 0 Å². The molecule has 0 saturated heterocycles. The molecule has 0 aliphatic carbocycles. The minimum Gasteiger partial charge on any atom is -0.481 e. The van der Waals surface area contributed by atoms with Gasteiger partial charge in [0.05, 0.1) is 31.4 Å². The molecule has 0 heterocycles. The van der Waals surface area contributed by atoms with E-state index in [0.717, 1.165) is 13.8 Å². The van der Waals surface area contributed by atoms with Crippen LogP contribution in [0.15, 0.2) is 4.99 Å². The van der Waals surface area contributed by atoms with E-state index in [1.807, 2.05) is 10.6 Å². The number of hydrogen-bond donors (Lipinski definition) is 16. The number of carbonyl (C=O) groups excluding carboxylic acids is 7. The maximum absolute atomic E-state index is 13.8. The summed E-state index contributed by atoms with van der Waals surface area (Å²) in [6, 6.07) is -13.9. The average molecular weight is 920 g/mol. The Kier molecular flexibility index (Phi) is 24.6. The summed E-state index contributed by atoms with van der Waals surface area (Å²) in [5.74, 6) is -17.2. The minimum atomic E-state index is -1.91. The SMILES string of the molecule is CC(C)[C@H](NC(=O)[C@H](CC(=O)O)NC(=O)[C@@H](N)CC(=O)O)C(=O)N[C@@H](CCCN=C(N)N)C(=O)N[C@@H](CCC(=O)O)C(=O)N[C@H](C(=O)N[C@@H](C)C(=O)N[C@@H](CC(=O)O)C(=O)O)[C@@H](C)O. The number of carbonyl (C=O) groups is 12. The second-order valence-corrected chi connectivity index (χ2v) is 14.6. The van der Waals surface area contributed by atoms with Crippen molar-refractivity contribution >= 4 is 77.2 Å². The molecule has 0 aromatic heterocycles. The van der Waals surface area contributed by atoms with Crippen molar-refractivity contribution in [2.75, 3.05) is 6.54 Å². The van der Waals surface area contributed by atoms with Crippen molar-refractivity contribution in [1.82, 2.24) is 37.2 Å². The second-order valence-electron chi connectivity index (χ2n) is 14.6. The first-order chi connectivity index (χ1) is 29.6. The van der Waals surface area contributed by atoms with Crippen molar-refractivity contribution in [3.05, 3.63) is 0 Å². The van der Waals surface area contributed by atoms with Crippen LogP contribution in [0, 0.1) is 5.92 Å². The Morgan fingerprint density at radius 3 is 1.42 bits per heavy atom. The highest BCUT2D eigenvalue weighted by Gasteiger charge is 2.36. The summed E-state index contributed by atoms with van der Waals surface area (Å²) in [6.07, 6.45) is -6.37. The molecule has 0 spiro atoms. The van der Waals surface area contributed by atoms with Gasteiger partial charge in [0.15, 0.2) is 5.96 Å². The monoisotopic (exact) mass is 919 g/mol. The topological polar surface area (TPSA) is 501 Å². The van der Waals surface area contributed by atoms with Crippen LogP contribution in [0.2, 0.25) is 0 Å². The number of nitrogens with one attached hydrogen (secondary N) is 7. The van der Waals surface area contributed by atoms with Gasteiger partial charge in [-0.15, -0.1) is 0 Å². The smallest absolute Gasteiger partial charge is 0.326 e. The number of aliphatic carboxylic acids is 5. The van der Waals surface area contributed by atoms with Crippen LogP contribution >= 0.6 is 0 Å². The zero-order valence-electron chi connectivity index (χ0n) is 35.2. The van der Waals surface area contributed by atoms with Crippen molar-refractivity contribution in [1.29, 1.82) is 0 Å². The van der Waals surface area contributed by atoms with Crippen LogP contribution in [0.3, 0.4) is 0 Å². The lowest BCUT2D eigenvalue weighted by atomic mass is 10.0. The Bertz CT molecular complexity index is 1770. The molecule has 9 atom stereocenters. The number of aliphatic hydroxyl groups is 1. The van der Waals surface area contributed by atoms with Crippen LogP contribution in [-0.2, 0) is 57.5 Å². The molecule has 360 valence electrons. The summed E-state index contributed by atoms with van der Waals surface area (Å²) in [5, 5.41) is 71.2. The van der Waals surface area contributed by atoms with Crippen LogP contribution in [0.1, 0.15) is 72.6 Å². The fourth-order valence-corrected chi connectivity index (χ4v) is 5.27. The summed E-state index contributed by atoms with van der Waals surface area (Å²) in [5.41, 5.74) is 16.2. The van der Waals surface area contributed by atoms with E-state index < -0.39 is 164 Å². The lowest BCUT2D eigenvalue weighted by molar-refractivity contribution is -0.147. The van der Waals surface area contributed by atoms with Gasteiger partial charge in [-0.1, -0.05) is 13.8 Å². The molecule has 0 radical (unpaired) electrons. The molecule has 29 nitrogen and oxygen atoms in total. The van der Waals surface area contributed by atoms with Gasteiger partial charge in [0.2, 0.25) is 41.4 Å². The maximum atomic E-state index is 13.8. The lowest BCUT2D eigenvalue weighted by Gasteiger charge is -2.29. The van der Waals surface area contributed by atoms with Gasteiger partial charge in [-0.2, -0.15) is 0 Å². The number of hydrogen-bond acceptors (Lipinski definition) is 15. The molecular weight excluding hydrogens is 862 g/mol. The molecule has 0 rings (SSSR count). The minimum absolute atomic E-state index is 0.0240. The molecule has 0 aliphatic rings. The van der Waals surface area contributed by atoms with Gasteiger partial charge in [-0.3, -0.25) is 57.7 Å². The van der Waals surface area contributed by atoms with Gasteiger partial charge in [0.25, 0.3) is 0 Å². The molecule has 0 aliphatic heterocycles. The Morgan fingerprint density at radius 2 is 0.938 bits per heavy atom. The zero-order valence-corrected chi connectivity index (χ0v) is 35.2. The van der Waals surface area contributed by atoms with Crippen LogP contribution < -0.4 is 54.4 Å². The Balaban J connectivity index is 6.51.